The maximum atomic E-state index is 12.6. The van der Waals surface area contributed by atoms with E-state index in [1.807, 2.05) is 24.0 Å². The average molecular weight is 361 g/mol. The minimum Gasteiger partial charge on any atom is -0.332 e. The van der Waals surface area contributed by atoms with Crippen molar-refractivity contribution in [2.45, 2.75) is 31.2 Å². The molecule has 0 unspecified atom stereocenters. The number of quaternary nitrogens is 1. The number of aromatic nitrogens is 3. The zero-order chi connectivity index (χ0) is 17.8. The maximum absolute atomic E-state index is 12.6. The number of rotatable bonds is 5. The molecule has 6 nitrogen and oxygen atoms in total. The van der Waals surface area contributed by atoms with E-state index in [0.29, 0.717) is 5.16 Å². The summed E-state index contributed by atoms with van der Waals surface area (Å²) in [5.41, 5.74) is 2.21. The summed E-state index contributed by atoms with van der Waals surface area (Å²) in [6.07, 6.45) is 0. The van der Waals surface area contributed by atoms with Gasteiger partial charge in [-0.05, 0) is 20.8 Å². The van der Waals surface area contributed by atoms with Crippen LogP contribution in [0.4, 0.5) is 0 Å². The number of thioether (sulfide) groups is 1. The van der Waals surface area contributed by atoms with Gasteiger partial charge in [0.1, 0.15) is 0 Å². The van der Waals surface area contributed by atoms with E-state index in [1.165, 1.54) is 17.3 Å². The normalized spacial score (nSPS) is 16.8. The number of benzene rings is 1. The molecule has 1 fully saturated rings. The summed E-state index contributed by atoms with van der Waals surface area (Å²) in [5.74, 6) is 0.921. The van der Waals surface area contributed by atoms with Gasteiger partial charge in [0.15, 0.2) is 5.82 Å². The summed E-state index contributed by atoms with van der Waals surface area (Å²) in [6.45, 7) is 11.1. The molecule has 1 saturated heterocycles. The van der Waals surface area contributed by atoms with Gasteiger partial charge in [-0.1, -0.05) is 41.6 Å². The predicted molar refractivity (Wildman–Crippen MR) is 99.7 cm³/mol. The number of carbonyl (C=O) groups excluding carboxylic acids is 1. The zero-order valence-corrected chi connectivity index (χ0v) is 15.9. The van der Waals surface area contributed by atoms with Crippen molar-refractivity contribution in [3.63, 3.8) is 0 Å². The number of aromatic amines is 1. The van der Waals surface area contributed by atoms with Crippen molar-refractivity contribution in [3.8, 4) is 11.4 Å². The van der Waals surface area contributed by atoms with E-state index in [4.69, 9.17) is 0 Å². The molecule has 1 amide bonds. The minimum atomic E-state index is -0.176. The van der Waals surface area contributed by atoms with Crippen molar-refractivity contribution in [2.75, 3.05) is 32.7 Å². The van der Waals surface area contributed by atoms with Gasteiger partial charge in [-0.25, -0.2) is 4.98 Å². The lowest BCUT2D eigenvalue weighted by molar-refractivity contribution is -0.902. The Morgan fingerprint density at radius 3 is 2.64 bits per heavy atom. The number of carbonyl (C=O) groups is 1. The van der Waals surface area contributed by atoms with Gasteiger partial charge in [0.25, 0.3) is 0 Å². The first kappa shape index (κ1) is 17.9. The van der Waals surface area contributed by atoms with Crippen LogP contribution < -0.4 is 4.90 Å². The van der Waals surface area contributed by atoms with E-state index in [2.05, 4.69) is 41.2 Å². The van der Waals surface area contributed by atoms with Crippen molar-refractivity contribution in [1.82, 2.24) is 20.1 Å². The smallest absolute Gasteiger partial charge is 0.236 e. The summed E-state index contributed by atoms with van der Waals surface area (Å²) in [7, 11) is 0. The Balaban J connectivity index is 1.59. The summed E-state index contributed by atoms with van der Waals surface area (Å²) in [4.78, 5) is 20.7. The highest BCUT2D eigenvalue weighted by Crippen LogP contribution is 2.24. The summed E-state index contributed by atoms with van der Waals surface area (Å²) in [6, 6.07) is 8.15. The molecular weight excluding hydrogens is 334 g/mol. The van der Waals surface area contributed by atoms with Gasteiger partial charge in [0.05, 0.1) is 38.0 Å². The van der Waals surface area contributed by atoms with E-state index >= 15 is 0 Å². The van der Waals surface area contributed by atoms with E-state index in [-0.39, 0.29) is 11.2 Å². The summed E-state index contributed by atoms with van der Waals surface area (Å²) in [5, 5.41) is 7.67. The van der Waals surface area contributed by atoms with E-state index in [9.17, 15) is 4.79 Å². The topological polar surface area (TPSA) is 66.3 Å². The van der Waals surface area contributed by atoms with Crippen LogP contribution in [0.15, 0.2) is 29.4 Å². The highest BCUT2D eigenvalue weighted by Gasteiger charge is 2.27. The van der Waals surface area contributed by atoms with Gasteiger partial charge in [0, 0.05) is 5.56 Å². The highest BCUT2D eigenvalue weighted by molar-refractivity contribution is 8.00. The summed E-state index contributed by atoms with van der Waals surface area (Å²) >= 11 is 1.42. The molecule has 25 heavy (non-hydrogen) atoms. The number of piperazine rings is 1. The van der Waals surface area contributed by atoms with E-state index < -0.39 is 0 Å². The van der Waals surface area contributed by atoms with Crippen LogP contribution in [0.25, 0.3) is 11.4 Å². The predicted octanol–water partition coefficient (Wildman–Crippen LogP) is 1.01. The molecule has 2 aromatic rings. The van der Waals surface area contributed by atoms with Crippen molar-refractivity contribution in [1.29, 1.82) is 0 Å². The van der Waals surface area contributed by atoms with Crippen LogP contribution in [-0.4, -0.2) is 64.0 Å². The Labute approximate surface area is 153 Å². The molecule has 0 saturated carbocycles. The molecule has 0 bridgehead atoms. The second-order valence-corrected chi connectivity index (χ2v) is 7.83. The Morgan fingerprint density at radius 1 is 1.32 bits per heavy atom. The second kappa shape index (κ2) is 8.01. The molecule has 2 heterocycles. The Morgan fingerprint density at radius 2 is 2.00 bits per heavy atom. The van der Waals surface area contributed by atoms with Gasteiger partial charge in [-0.15, -0.1) is 5.10 Å². The number of amides is 1. The van der Waals surface area contributed by atoms with Crippen LogP contribution in [0, 0.1) is 6.92 Å². The lowest BCUT2D eigenvalue weighted by Crippen LogP contribution is -3.14. The fraction of sp³-hybridized carbons (Fsp3) is 0.500. The van der Waals surface area contributed by atoms with Crippen LogP contribution in [0.3, 0.4) is 0 Å². The molecule has 1 aromatic carbocycles. The molecule has 1 atom stereocenters. The fourth-order valence-corrected chi connectivity index (χ4v) is 3.81. The SMILES string of the molecule is CC[NH+]1CCN(C(=O)[C@@H](C)Sc2n[nH]c(-c3ccc(C)cc3)n2)CC1. The van der Waals surface area contributed by atoms with Gasteiger partial charge in [-0.2, -0.15) is 0 Å². The third-order valence-corrected chi connectivity index (χ3v) is 5.65. The molecule has 1 aliphatic rings. The Hall–Kier alpha value is -1.86. The first-order chi connectivity index (χ1) is 12.1. The lowest BCUT2D eigenvalue weighted by atomic mass is 10.1. The maximum Gasteiger partial charge on any atom is 0.236 e. The molecule has 3 rings (SSSR count). The minimum absolute atomic E-state index is 0.176. The van der Waals surface area contributed by atoms with Crippen molar-refractivity contribution in [3.05, 3.63) is 29.8 Å². The van der Waals surface area contributed by atoms with Crippen LogP contribution >= 0.6 is 11.8 Å². The van der Waals surface area contributed by atoms with Crippen molar-refractivity contribution < 1.29 is 9.69 Å². The standard InChI is InChI=1S/C18H25N5OS/c1-4-22-9-11-23(12-10-22)17(24)14(3)25-18-19-16(20-21-18)15-7-5-13(2)6-8-15/h5-8,14H,4,9-12H2,1-3H3,(H,19,20,21)/p+1/t14-/m1/s1. The van der Waals surface area contributed by atoms with Crippen molar-refractivity contribution >= 4 is 17.7 Å². The summed E-state index contributed by atoms with van der Waals surface area (Å²) < 4.78 is 0. The van der Waals surface area contributed by atoms with Crippen LogP contribution in [-0.2, 0) is 4.79 Å². The molecule has 0 aliphatic carbocycles. The number of H-pyrrole nitrogens is 1. The molecular formula is C18H26N5OS+. The van der Waals surface area contributed by atoms with Gasteiger partial charge in [0.2, 0.25) is 11.1 Å². The first-order valence-electron chi connectivity index (χ1n) is 8.85. The molecule has 1 aliphatic heterocycles. The number of likely N-dealkylation sites (N-methyl/N-ethyl adjacent to an activating group) is 1. The van der Waals surface area contributed by atoms with Crippen molar-refractivity contribution in [2.24, 2.45) is 0 Å². The zero-order valence-electron chi connectivity index (χ0n) is 15.1. The first-order valence-corrected chi connectivity index (χ1v) is 9.73. The monoisotopic (exact) mass is 360 g/mol. The number of hydrogen-bond acceptors (Lipinski definition) is 4. The third-order valence-electron chi connectivity index (χ3n) is 4.70. The molecule has 1 aromatic heterocycles. The van der Waals surface area contributed by atoms with Gasteiger partial charge < -0.3 is 9.80 Å². The third kappa shape index (κ3) is 4.41. The Kier molecular flexibility index (Phi) is 5.75. The number of aryl methyl sites for hydroxylation is 1. The number of nitrogens with zero attached hydrogens (tertiary/aromatic N) is 3. The van der Waals surface area contributed by atoms with Gasteiger partial charge >= 0.3 is 0 Å². The second-order valence-electron chi connectivity index (χ2n) is 6.52. The molecule has 2 N–H and O–H groups in total. The average Bonchev–Trinajstić information content (AvgIpc) is 3.10. The van der Waals surface area contributed by atoms with Crippen LogP contribution in [0.5, 0.6) is 0 Å². The van der Waals surface area contributed by atoms with Crippen LogP contribution in [0.2, 0.25) is 0 Å². The van der Waals surface area contributed by atoms with Crippen LogP contribution in [0.1, 0.15) is 19.4 Å². The quantitative estimate of drug-likeness (QED) is 0.781. The molecule has 0 radical (unpaired) electrons. The largest absolute Gasteiger partial charge is 0.332 e. The highest BCUT2D eigenvalue weighted by atomic mass is 32.2. The van der Waals surface area contributed by atoms with Gasteiger partial charge in [-0.3, -0.25) is 9.89 Å². The van der Waals surface area contributed by atoms with E-state index in [0.717, 1.165) is 44.1 Å². The molecule has 134 valence electrons. The lowest BCUT2D eigenvalue weighted by Gasteiger charge is -2.32. The number of hydrogen-bond donors (Lipinski definition) is 2. The Bertz CT molecular complexity index is 707. The fourth-order valence-electron chi connectivity index (χ4n) is 3.00. The molecule has 0 spiro atoms. The molecule has 7 heteroatoms. The van der Waals surface area contributed by atoms with E-state index in [1.54, 1.807) is 4.90 Å². The number of nitrogens with one attached hydrogen (secondary N) is 2.